The number of rotatable bonds is 1. The molecule has 20 heavy (non-hydrogen) atoms. The molecule has 108 valence electrons. The normalized spacial score (nSPS) is 9.90. The van der Waals surface area contributed by atoms with Crippen LogP contribution in [0.3, 0.4) is 0 Å². The number of anilines is 2. The molecular weight excluding hydrogens is 252 g/mol. The fourth-order valence-corrected chi connectivity index (χ4v) is 2.28. The van der Waals surface area contributed by atoms with E-state index in [4.69, 9.17) is 22.0 Å². The number of aryl methyl sites for hydroxylation is 4. The summed E-state index contributed by atoms with van der Waals surface area (Å²) in [6.07, 6.45) is 0. The summed E-state index contributed by atoms with van der Waals surface area (Å²) >= 11 is 0. The lowest BCUT2D eigenvalue weighted by atomic mass is 9.95. The fraction of sp³-hybridized carbons (Fsp3) is 0.250. The van der Waals surface area contributed by atoms with E-state index in [-0.39, 0.29) is 0 Å². The van der Waals surface area contributed by atoms with Gasteiger partial charge in [-0.15, -0.1) is 0 Å². The van der Waals surface area contributed by atoms with Gasteiger partial charge in [0.05, 0.1) is 0 Å². The molecule has 0 saturated carbocycles. The van der Waals surface area contributed by atoms with E-state index in [0.29, 0.717) is 0 Å². The molecule has 0 aliphatic carbocycles. The van der Waals surface area contributed by atoms with E-state index in [9.17, 15) is 0 Å². The summed E-state index contributed by atoms with van der Waals surface area (Å²) in [5.74, 6) is 0. The third-order valence-corrected chi connectivity index (χ3v) is 3.52. The molecule has 0 unspecified atom stereocenters. The van der Waals surface area contributed by atoms with Gasteiger partial charge in [-0.05, 0) is 85.3 Å². The number of hydrogen-bond donors (Lipinski definition) is 4. The van der Waals surface area contributed by atoms with Crippen LogP contribution in [0.2, 0.25) is 0 Å². The largest absolute Gasteiger partial charge is 0.398 e. The molecule has 0 bridgehead atoms. The number of nitrogen functional groups attached to an aromatic ring is 2. The highest BCUT2D eigenvalue weighted by Crippen LogP contribution is 2.30. The van der Waals surface area contributed by atoms with Crippen molar-refractivity contribution in [1.82, 2.24) is 0 Å². The maximum absolute atomic E-state index is 6.00. The van der Waals surface area contributed by atoms with E-state index in [1.165, 1.54) is 11.1 Å². The first kappa shape index (κ1) is 16.0. The summed E-state index contributed by atoms with van der Waals surface area (Å²) in [4.78, 5) is 0. The summed E-state index contributed by atoms with van der Waals surface area (Å²) in [5, 5.41) is 12.0. The monoisotopic (exact) mass is 274 g/mol. The molecule has 0 aromatic heterocycles. The third-order valence-electron chi connectivity index (χ3n) is 3.52. The first-order valence-corrected chi connectivity index (χ1v) is 6.34. The fourth-order valence-electron chi connectivity index (χ4n) is 2.28. The molecule has 2 rings (SSSR count). The van der Waals surface area contributed by atoms with Crippen LogP contribution in [0.25, 0.3) is 11.1 Å². The SMILES string of the molecule is Cc1cc(-c2cc(C)c(N)c(C)c2)cc(C)c1N.OO. The van der Waals surface area contributed by atoms with Crippen molar-refractivity contribution in [1.29, 1.82) is 0 Å². The topological polar surface area (TPSA) is 92.5 Å². The van der Waals surface area contributed by atoms with E-state index in [0.717, 1.165) is 33.6 Å². The average Bonchev–Trinajstić information content (AvgIpc) is 2.43. The van der Waals surface area contributed by atoms with Crippen molar-refractivity contribution in [3.05, 3.63) is 46.5 Å². The molecule has 0 saturated heterocycles. The van der Waals surface area contributed by atoms with Gasteiger partial charge in [0.25, 0.3) is 0 Å². The van der Waals surface area contributed by atoms with Gasteiger partial charge in [0, 0.05) is 11.4 Å². The van der Waals surface area contributed by atoms with Gasteiger partial charge in [-0.25, -0.2) is 0 Å². The smallest absolute Gasteiger partial charge is 0.0373 e. The van der Waals surface area contributed by atoms with Gasteiger partial charge in [-0.2, -0.15) is 0 Å². The Labute approximate surface area is 119 Å². The van der Waals surface area contributed by atoms with Crippen LogP contribution < -0.4 is 11.5 Å². The Morgan fingerprint density at radius 2 is 0.800 bits per heavy atom. The molecule has 4 heteroatoms. The molecule has 2 aromatic carbocycles. The van der Waals surface area contributed by atoms with Gasteiger partial charge in [-0.1, -0.05) is 0 Å². The molecule has 0 fully saturated rings. The summed E-state index contributed by atoms with van der Waals surface area (Å²) in [6.45, 7) is 8.18. The van der Waals surface area contributed by atoms with Crippen LogP contribution in [0.5, 0.6) is 0 Å². The molecule has 6 N–H and O–H groups in total. The Bertz CT molecular complexity index is 520. The minimum Gasteiger partial charge on any atom is -0.398 e. The van der Waals surface area contributed by atoms with Crippen LogP contribution in [0.4, 0.5) is 11.4 Å². The lowest BCUT2D eigenvalue weighted by Crippen LogP contribution is -1.97. The predicted molar refractivity (Wildman–Crippen MR) is 84.9 cm³/mol. The van der Waals surface area contributed by atoms with E-state index in [1.807, 2.05) is 27.7 Å². The molecular formula is C16H22N2O2. The zero-order chi connectivity index (χ0) is 15.4. The zero-order valence-electron chi connectivity index (χ0n) is 12.4. The van der Waals surface area contributed by atoms with E-state index < -0.39 is 0 Å². The third kappa shape index (κ3) is 3.10. The van der Waals surface area contributed by atoms with Crippen molar-refractivity contribution in [2.45, 2.75) is 27.7 Å². The summed E-state index contributed by atoms with van der Waals surface area (Å²) in [7, 11) is 0. The summed E-state index contributed by atoms with van der Waals surface area (Å²) in [5.41, 5.74) is 20.6. The second kappa shape index (κ2) is 6.41. The van der Waals surface area contributed by atoms with Gasteiger partial charge in [0.1, 0.15) is 0 Å². The Hall–Kier alpha value is -2.04. The predicted octanol–water partition coefficient (Wildman–Crippen LogP) is 3.77. The molecule has 0 aliphatic heterocycles. The zero-order valence-corrected chi connectivity index (χ0v) is 12.4. The van der Waals surface area contributed by atoms with E-state index in [1.54, 1.807) is 0 Å². The molecule has 0 radical (unpaired) electrons. The summed E-state index contributed by atoms with van der Waals surface area (Å²) < 4.78 is 0. The van der Waals surface area contributed by atoms with Crippen molar-refractivity contribution >= 4 is 11.4 Å². The standard InChI is InChI=1S/C16H20N2.H2O2/c1-9-5-13(6-10(2)15(9)17)14-7-11(3)16(18)12(4)8-14;1-2/h5-8H,17-18H2,1-4H3;1-2H. The first-order valence-electron chi connectivity index (χ1n) is 6.34. The van der Waals surface area contributed by atoms with Gasteiger partial charge in [0.15, 0.2) is 0 Å². The second-order valence-electron chi connectivity index (χ2n) is 5.05. The maximum Gasteiger partial charge on any atom is 0.0373 e. The van der Waals surface area contributed by atoms with Crippen molar-refractivity contribution in [2.24, 2.45) is 0 Å². The van der Waals surface area contributed by atoms with Gasteiger partial charge >= 0.3 is 0 Å². The quantitative estimate of drug-likeness (QED) is 0.362. The Morgan fingerprint density at radius 1 is 0.600 bits per heavy atom. The number of benzene rings is 2. The highest BCUT2D eigenvalue weighted by atomic mass is 17.0. The van der Waals surface area contributed by atoms with Gasteiger partial charge < -0.3 is 11.5 Å². The van der Waals surface area contributed by atoms with Crippen LogP contribution >= 0.6 is 0 Å². The van der Waals surface area contributed by atoms with Gasteiger partial charge in [0.2, 0.25) is 0 Å². The lowest BCUT2D eigenvalue weighted by molar-refractivity contribution is -0.176. The van der Waals surface area contributed by atoms with E-state index >= 15 is 0 Å². The van der Waals surface area contributed by atoms with Crippen LogP contribution in [0.1, 0.15) is 22.3 Å². The molecule has 0 spiro atoms. The second-order valence-corrected chi connectivity index (χ2v) is 5.05. The average molecular weight is 274 g/mol. The van der Waals surface area contributed by atoms with Crippen molar-refractivity contribution in [3.63, 3.8) is 0 Å². The number of nitrogens with two attached hydrogens (primary N) is 2. The molecule has 0 heterocycles. The van der Waals surface area contributed by atoms with Crippen LogP contribution in [0, 0.1) is 27.7 Å². The highest BCUT2D eigenvalue weighted by molar-refractivity contribution is 5.73. The highest BCUT2D eigenvalue weighted by Gasteiger charge is 2.07. The molecule has 0 amide bonds. The van der Waals surface area contributed by atoms with Crippen LogP contribution in [-0.4, -0.2) is 10.5 Å². The van der Waals surface area contributed by atoms with Crippen molar-refractivity contribution < 1.29 is 10.5 Å². The van der Waals surface area contributed by atoms with Crippen LogP contribution in [0.15, 0.2) is 24.3 Å². The van der Waals surface area contributed by atoms with Crippen LogP contribution in [-0.2, 0) is 0 Å². The Balaban J connectivity index is 0.000000956. The Morgan fingerprint density at radius 3 is 1.00 bits per heavy atom. The van der Waals surface area contributed by atoms with Crippen molar-refractivity contribution in [3.8, 4) is 11.1 Å². The minimum absolute atomic E-state index is 0.877. The molecule has 0 aliphatic rings. The first-order chi connectivity index (χ1) is 9.40. The Kier molecular flexibility index (Phi) is 5.13. The van der Waals surface area contributed by atoms with Crippen molar-refractivity contribution in [2.75, 3.05) is 11.5 Å². The maximum atomic E-state index is 6.00. The lowest BCUT2D eigenvalue weighted by Gasteiger charge is -2.12. The molecule has 2 aromatic rings. The summed E-state index contributed by atoms with van der Waals surface area (Å²) in [6, 6.07) is 8.53. The molecule has 0 atom stereocenters. The van der Waals surface area contributed by atoms with E-state index in [2.05, 4.69) is 24.3 Å². The number of hydrogen-bond acceptors (Lipinski definition) is 4. The van der Waals surface area contributed by atoms with Gasteiger partial charge in [-0.3, -0.25) is 10.5 Å². The minimum atomic E-state index is 0.877. The molecule has 4 nitrogen and oxygen atoms in total.